The molecule has 1 unspecified atom stereocenters. The molecule has 0 saturated heterocycles. The molecule has 0 heterocycles. The predicted octanol–water partition coefficient (Wildman–Crippen LogP) is 3.45. The summed E-state index contributed by atoms with van der Waals surface area (Å²) >= 11 is 0. The lowest BCUT2D eigenvalue weighted by Gasteiger charge is -2.15. The van der Waals surface area contributed by atoms with Gasteiger partial charge in [-0.3, -0.25) is 0 Å². The molecule has 2 N–H and O–H groups in total. The standard InChI is InChI=1S/C17H21NO2/c1-4-20-15-8-5-13(6-9-15)17(18)14-7-10-16(19-3)12(2)11-14/h5-11,17H,4,18H2,1-3H3. The van der Waals surface area contributed by atoms with Crippen LogP contribution in [-0.2, 0) is 0 Å². The zero-order chi connectivity index (χ0) is 14.5. The van der Waals surface area contributed by atoms with E-state index in [4.69, 9.17) is 15.2 Å². The number of aryl methyl sites for hydroxylation is 1. The molecule has 0 aliphatic rings. The van der Waals surface area contributed by atoms with Crippen LogP contribution in [0.25, 0.3) is 0 Å². The van der Waals surface area contributed by atoms with Crippen LogP contribution in [0.15, 0.2) is 42.5 Å². The van der Waals surface area contributed by atoms with Gasteiger partial charge in [-0.2, -0.15) is 0 Å². The molecule has 2 aromatic carbocycles. The zero-order valence-electron chi connectivity index (χ0n) is 12.2. The molecular weight excluding hydrogens is 250 g/mol. The number of nitrogens with two attached hydrogens (primary N) is 1. The van der Waals surface area contributed by atoms with Gasteiger partial charge in [-0.25, -0.2) is 0 Å². The molecular formula is C17H21NO2. The monoisotopic (exact) mass is 271 g/mol. The fourth-order valence-corrected chi connectivity index (χ4v) is 2.23. The third-order valence-corrected chi connectivity index (χ3v) is 3.33. The maximum atomic E-state index is 6.32. The number of hydrogen-bond donors (Lipinski definition) is 1. The maximum absolute atomic E-state index is 6.32. The van der Waals surface area contributed by atoms with Gasteiger partial charge >= 0.3 is 0 Å². The van der Waals surface area contributed by atoms with Crippen molar-refractivity contribution in [2.24, 2.45) is 5.73 Å². The molecule has 1 atom stereocenters. The van der Waals surface area contributed by atoms with E-state index < -0.39 is 0 Å². The Hall–Kier alpha value is -2.00. The first-order chi connectivity index (χ1) is 9.65. The van der Waals surface area contributed by atoms with Crippen LogP contribution < -0.4 is 15.2 Å². The summed E-state index contributed by atoms with van der Waals surface area (Å²) < 4.78 is 10.7. The molecule has 3 heteroatoms. The molecule has 106 valence electrons. The molecule has 0 amide bonds. The van der Waals surface area contributed by atoms with Crippen LogP contribution in [-0.4, -0.2) is 13.7 Å². The van der Waals surface area contributed by atoms with Gasteiger partial charge < -0.3 is 15.2 Å². The molecule has 0 saturated carbocycles. The van der Waals surface area contributed by atoms with Crippen molar-refractivity contribution in [3.05, 3.63) is 59.2 Å². The Bertz CT molecular complexity index is 564. The first-order valence-corrected chi connectivity index (χ1v) is 6.78. The summed E-state index contributed by atoms with van der Waals surface area (Å²) in [6, 6.07) is 13.8. The van der Waals surface area contributed by atoms with E-state index in [0.29, 0.717) is 6.61 Å². The second-order valence-corrected chi connectivity index (χ2v) is 4.71. The number of hydrogen-bond acceptors (Lipinski definition) is 3. The van der Waals surface area contributed by atoms with Crippen LogP contribution >= 0.6 is 0 Å². The van der Waals surface area contributed by atoms with Gasteiger partial charge in [0.25, 0.3) is 0 Å². The zero-order valence-corrected chi connectivity index (χ0v) is 12.2. The lowest BCUT2D eigenvalue weighted by atomic mass is 9.98. The van der Waals surface area contributed by atoms with Gasteiger partial charge in [0.15, 0.2) is 0 Å². The SMILES string of the molecule is CCOc1ccc(C(N)c2ccc(OC)c(C)c2)cc1. The van der Waals surface area contributed by atoms with E-state index in [9.17, 15) is 0 Å². The minimum Gasteiger partial charge on any atom is -0.496 e. The van der Waals surface area contributed by atoms with Crippen LogP contribution in [0, 0.1) is 6.92 Å². The minimum absolute atomic E-state index is 0.143. The van der Waals surface area contributed by atoms with Crippen molar-refractivity contribution in [1.82, 2.24) is 0 Å². The van der Waals surface area contributed by atoms with Gasteiger partial charge in [0.05, 0.1) is 19.8 Å². The van der Waals surface area contributed by atoms with E-state index in [-0.39, 0.29) is 6.04 Å². The Morgan fingerprint density at radius 2 is 1.70 bits per heavy atom. The second-order valence-electron chi connectivity index (χ2n) is 4.71. The van der Waals surface area contributed by atoms with Crippen molar-refractivity contribution in [2.45, 2.75) is 19.9 Å². The number of ether oxygens (including phenoxy) is 2. The summed E-state index contributed by atoms with van der Waals surface area (Å²) in [7, 11) is 1.67. The lowest BCUT2D eigenvalue weighted by Crippen LogP contribution is -2.12. The van der Waals surface area contributed by atoms with E-state index >= 15 is 0 Å². The minimum atomic E-state index is -0.143. The highest BCUT2D eigenvalue weighted by Gasteiger charge is 2.10. The first-order valence-electron chi connectivity index (χ1n) is 6.78. The molecule has 3 nitrogen and oxygen atoms in total. The number of methoxy groups -OCH3 is 1. The highest BCUT2D eigenvalue weighted by atomic mass is 16.5. The highest BCUT2D eigenvalue weighted by molar-refractivity contribution is 5.41. The van der Waals surface area contributed by atoms with E-state index in [1.807, 2.05) is 50.2 Å². The van der Waals surface area contributed by atoms with Crippen LogP contribution in [0.4, 0.5) is 0 Å². The van der Waals surface area contributed by atoms with E-state index in [1.54, 1.807) is 7.11 Å². The average molecular weight is 271 g/mol. The molecule has 0 aliphatic heterocycles. The van der Waals surface area contributed by atoms with Crippen molar-refractivity contribution >= 4 is 0 Å². The summed E-state index contributed by atoms with van der Waals surface area (Å²) in [5, 5.41) is 0. The van der Waals surface area contributed by atoms with Gasteiger partial charge in [-0.1, -0.05) is 24.3 Å². The Balaban J connectivity index is 2.21. The predicted molar refractivity (Wildman–Crippen MR) is 81.4 cm³/mol. The van der Waals surface area contributed by atoms with Gasteiger partial charge in [0, 0.05) is 0 Å². The largest absolute Gasteiger partial charge is 0.496 e. The van der Waals surface area contributed by atoms with Crippen LogP contribution in [0.1, 0.15) is 29.7 Å². The lowest BCUT2D eigenvalue weighted by molar-refractivity contribution is 0.340. The number of rotatable bonds is 5. The molecule has 0 radical (unpaired) electrons. The van der Waals surface area contributed by atoms with Gasteiger partial charge in [-0.05, 0) is 48.7 Å². The van der Waals surface area contributed by atoms with Gasteiger partial charge in [-0.15, -0.1) is 0 Å². The molecule has 2 rings (SSSR count). The molecule has 0 aliphatic carbocycles. The van der Waals surface area contributed by atoms with Gasteiger partial charge in [0.1, 0.15) is 11.5 Å². The summed E-state index contributed by atoms with van der Waals surface area (Å²) in [4.78, 5) is 0. The van der Waals surface area contributed by atoms with E-state index in [1.165, 1.54) is 0 Å². The Morgan fingerprint density at radius 3 is 2.25 bits per heavy atom. The maximum Gasteiger partial charge on any atom is 0.121 e. The van der Waals surface area contributed by atoms with Crippen molar-refractivity contribution in [3.63, 3.8) is 0 Å². The molecule has 0 aromatic heterocycles. The van der Waals surface area contributed by atoms with Crippen molar-refractivity contribution in [3.8, 4) is 11.5 Å². The first kappa shape index (κ1) is 14.4. The van der Waals surface area contributed by atoms with E-state index in [0.717, 1.165) is 28.2 Å². The molecule has 2 aromatic rings. The normalized spacial score (nSPS) is 12.0. The topological polar surface area (TPSA) is 44.5 Å². The van der Waals surface area contributed by atoms with E-state index in [2.05, 4.69) is 6.07 Å². The molecule has 0 fully saturated rings. The van der Waals surface area contributed by atoms with Crippen molar-refractivity contribution in [2.75, 3.05) is 13.7 Å². The molecule has 0 spiro atoms. The van der Waals surface area contributed by atoms with Crippen LogP contribution in [0.5, 0.6) is 11.5 Å². The fraction of sp³-hybridized carbons (Fsp3) is 0.294. The number of benzene rings is 2. The van der Waals surface area contributed by atoms with Crippen LogP contribution in [0.2, 0.25) is 0 Å². The summed E-state index contributed by atoms with van der Waals surface area (Å²) in [5.41, 5.74) is 9.55. The van der Waals surface area contributed by atoms with Crippen molar-refractivity contribution < 1.29 is 9.47 Å². The second kappa shape index (κ2) is 6.44. The molecule has 20 heavy (non-hydrogen) atoms. The third kappa shape index (κ3) is 3.11. The smallest absolute Gasteiger partial charge is 0.121 e. The Kier molecular flexibility index (Phi) is 4.64. The highest BCUT2D eigenvalue weighted by Crippen LogP contribution is 2.26. The third-order valence-electron chi connectivity index (χ3n) is 3.33. The Morgan fingerprint density at radius 1 is 1.05 bits per heavy atom. The summed E-state index contributed by atoms with van der Waals surface area (Å²) in [6.45, 7) is 4.66. The Labute approximate surface area is 120 Å². The quantitative estimate of drug-likeness (QED) is 0.906. The average Bonchev–Trinajstić information content (AvgIpc) is 2.47. The summed E-state index contributed by atoms with van der Waals surface area (Å²) in [6.07, 6.45) is 0. The van der Waals surface area contributed by atoms with Gasteiger partial charge in [0.2, 0.25) is 0 Å². The van der Waals surface area contributed by atoms with Crippen molar-refractivity contribution in [1.29, 1.82) is 0 Å². The van der Waals surface area contributed by atoms with Crippen LogP contribution in [0.3, 0.4) is 0 Å². The summed E-state index contributed by atoms with van der Waals surface area (Å²) in [5.74, 6) is 1.75. The fourth-order valence-electron chi connectivity index (χ4n) is 2.23. The molecule has 0 bridgehead atoms.